The standard InChI is InChI=1S/C20H35BrOS/c1-2-3-4-5-6-7-8-9-10-11-12-13-14-15-17-22-19-16-18-23-20(19)21/h16,18H,2-15,17H2,1H3. The van der Waals surface area contributed by atoms with Crippen LogP contribution in [0.1, 0.15) is 96.8 Å². The highest BCUT2D eigenvalue weighted by Gasteiger charge is 2.01. The van der Waals surface area contributed by atoms with Crippen LogP contribution in [0.3, 0.4) is 0 Å². The van der Waals surface area contributed by atoms with Gasteiger partial charge in [0.1, 0.15) is 9.54 Å². The maximum absolute atomic E-state index is 5.75. The first kappa shape index (κ1) is 21.0. The number of thiophene rings is 1. The van der Waals surface area contributed by atoms with Crippen LogP contribution in [0.5, 0.6) is 5.75 Å². The largest absolute Gasteiger partial charge is 0.492 e. The fraction of sp³-hybridized carbons (Fsp3) is 0.800. The van der Waals surface area contributed by atoms with E-state index in [1.807, 2.05) is 6.07 Å². The average Bonchev–Trinajstić information content (AvgIpc) is 2.96. The van der Waals surface area contributed by atoms with Gasteiger partial charge >= 0.3 is 0 Å². The normalized spacial score (nSPS) is 11.0. The van der Waals surface area contributed by atoms with Gasteiger partial charge in [-0.3, -0.25) is 0 Å². The van der Waals surface area contributed by atoms with Gasteiger partial charge in [0.25, 0.3) is 0 Å². The molecule has 1 rings (SSSR count). The van der Waals surface area contributed by atoms with Gasteiger partial charge in [0.05, 0.1) is 6.61 Å². The SMILES string of the molecule is CCCCCCCCCCCCCCCCOc1ccsc1Br. The van der Waals surface area contributed by atoms with Crippen molar-refractivity contribution in [2.75, 3.05) is 6.61 Å². The van der Waals surface area contributed by atoms with E-state index >= 15 is 0 Å². The lowest BCUT2D eigenvalue weighted by Gasteiger charge is -2.05. The molecule has 3 heteroatoms. The molecule has 0 radical (unpaired) electrons. The van der Waals surface area contributed by atoms with E-state index in [1.54, 1.807) is 11.3 Å². The van der Waals surface area contributed by atoms with Crippen molar-refractivity contribution < 1.29 is 4.74 Å². The van der Waals surface area contributed by atoms with E-state index in [4.69, 9.17) is 4.74 Å². The van der Waals surface area contributed by atoms with Gasteiger partial charge in [-0.2, -0.15) is 0 Å². The van der Waals surface area contributed by atoms with Crippen molar-refractivity contribution in [1.82, 2.24) is 0 Å². The van der Waals surface area contributed by atoms with E-state index < -0.39 is 0 Å². The topological polar surface area (TPSA) is 9.23 Å². The van der Waals surface area contributed by atoms with Gasteiger partial charge in [0.15, 0.2) is 0 Å². The van der Waals surface area contributed by atoms with E-state index in [2.05, 4.69) is 28.2 Å². The Morgan fingerprint density at radius 1 is 0.783 bits per heavy atom. The first-order valence-corrected chi connectivity index (χ1v) is 11.4. The number of hydrogen-bond donors (Lipinski definition) is 0. The van der Waals surface area contributed by atoms with Crippen molar-refractivity contribution in [2.45, 2.75) is 96.8 Å². The van der Waals surface area contributed by atoms with Crippen molar-refractivity contribution in [1.29, 1.82) is 0 Å². The molecule has 0 spiro atoms. The van der Waals surface area contributed by atoms with Gasteiger partial charge in [-0.15, -0.1) is 11.3 Å². The molecular weight excluding hydrogens is 368 g/mol. The van der Waals surface area contributed by atoms with Gasteiger partial charge < -0.3 is 4.74 Å². The summed E-state index contributed by atoms with van der Waals surface area (Å²) in [4.78, 5) is 0. The van der Waals surface area contributed by atoms with Crippen LogP contribution in [0, 0.1) is 0 Å². The van der Waals surface area contributed by atoms with Crippen LogP contribution in [0.2, 0.25) is 0 Å². The van der Waals surface area contributed by atoms with Crippen LogP contribution < -0.4 is 4.74 Å². The highest BCUT2D eigenvalue weighted by Crippen LogP contribution is 2.30. The Kier molecular flexibility index (Phi) is 14.2. The first-order chi connectivity index (χ1) is 11.3. The van der Waals surface area contributed by atoms with Crippen LogP contribution in [-0.2, 0) is 0 Å². The third kappa shape index (κ3) is 12.1. The minimum absolute atomic E-state index is 0.855. The van der Waals surface area contributed by atoms with Crippen molar-refractivity contribution in [3.8, 4) is 5.75 Å². The van der Waals surface area contributed by atoms with E-state index in [1.165, 1.54) is 89.9 Å². The lowest BCUT2D eigenvalue weighted by molar-refractivity contribution is 0.304. The Bertz CT molecular complexity index is 364. The fourth-order valence-corrected chi connectivity index (χ4v) is 3.99. The van der Waals surface area contributed by atoms with Crippen LogP contribution in [-0.4, -0.2) is 6.61 Å². The van der Waals surface area contributed by atoms with E-state index in [0.717, 1.165) is 16.1 Å². The van der Waals surface area contributed by atoms with Gasteiger partial charge in [0.2, 0.25) is 0 Å². The van der Waals surface area contributed by atoms with Crippen molar-refractivity contribution in [3.63, 3.8) is 0 Å². The third-order valence-electron chi connectivity index (χ3n) is 4.34. The molecule has 1 aromatic heterocycles. The molecule has 0 aliphatic rings. The molecule has 23 heavy (non-hydrogen) atoms. The molecule has 0 N–H and O–H groups in total. The van der Waals surface area contributed by atoms with Gasteiger partial charge in [-0.1, -0.05) is 90.4 Å². The minimum atomic E-state index is 0.855. The Morgan fingerprint density at radius 2 is 1.26 bits per heavy atom. The van der Waals surface area contributed by atoms with Gasteiger partial charge in [-0.05, 0) is 33.8 Å². The molecule has 0 saturated heterocycles. The number of halogens is 1. The van der Waals surface area contributed by atoms with Gasteiger partial charge in [0, 0.05) is 0 Å². The molecule has 0 amide bonds. The second-order valence-corrected chi connectivity index (χ2v) is 8.74. The average molecular weight is 403 g/mol. The van der Waals surface area contributed by atoms with Crippen molar-refractivity contribution >= 4 is 27.3 Å². The molecule has 134 valence electrons. The minimum Gasteiger partial charge on any atom is -0.492 e. The summed E-state index contributed by atoms with van der Waals surface area (Å²) in [6.07, 6.45) is 19.6. The second-order valence-electron chi connectivity index (χ2n) is 6.50. The predicted molar refractivity (Wildman–Crippen MR) is 108 cm³/mol. The zero-order chi connectivity index (χ0) is 16.6. The molecule has 0 atom stereocenters. The molecule has 0 aliphatic carbocycles. The maximum Gasteiger partial charge on any atom is 0.144 e. The molecule has 1 aromatic rings. The summed E-state index contributed by atoms with van der Waals surface area (Å²) in [5.74, 6) is 1.00. The lowest BCUT2D eigenvalue weighted by Crippen LogP contribution is -1.96. The summed E-state index contributed by atoms with van der Waals surface area (Å²) >= 11 is 5.19. The van der Waals surface area contributed by atoms with Gasteiger partial charge in [-0.25, -0.2) is 0 Å². The maximum atomic E-state index is 5.75. The van der Waals surface area contributed by atoms with Crippen molar-refractivity contribution in [3.05, 3.63) is 15.2 Å². The number of hydrogen-bond acceptors (Lipinski definition) is 2. The summed E-state index contributed by atoms with van der Waals surface area (Å²) in [7, 11) is 0. The lowest BCUT2D eigenvalue weighted by atomic mass is 10.0. The molecule has 1 nitrogen and oxygen atoms in total. The summed E-state index contributed by atoms with van der Waals surface area (Å²) < 4.78 is 6.86. The molecule has 0 bridgehead atoms. The second kappa shape index (κ2) is 15.5. The van der Waals surface area contributed by atoms with Crippen molar-refractivity contribution in [2.24, 2.45) is 0 Å². The smallest absolute Gasteiger partial charge is 0.144 e. The van der Waals surface area contributed by atoms with Crippen LogP contribution in [0.4, 0.5) is 0 Å². The van der Waals surface area contributed by atoms with Crippen LogP contribution in [0.15, 0.2) is 15.2 Å². The summed E-state index contributed by atoms with van der Waals surface area (Å²) in [6.45, 7) is 3.14. The third-order valence-corrected chi connectivity index (χ3v) is 5.97. The van der Waals surface area contributed by atoms with E-state index in [9.17, 15) is 0 Å². The van der Waals surface area contributed by atoms with E-state index in [-0.39, 0.29) is 0 Å². The number of rotatable bonds is 16. The molecule has 0 aliphatic heterocycles. The Hall–Kier alpha value is -0.0200. The van der Waals surface area contributed by atoms with E-state index in [0.29, 0.717) is 0 Å². The highest BCUT2D eigenvalue weighted by atomic mass is 79.9. The Labute approximate surface area is 156 Å². The fourth-order valence-electron chi connectivity index (χ4n) is 2.86. The zero-order valence-electron chi connectivity index (χ0n) is 15.0. The number of ether oxygens (including phenoxy) is 1. The zero-order valence-corrected chi connectivity index (χ0v) is 17.4. The van der Waals surface area contributed by atoms with Crippen LogP contribution >= 0.6 is 27.3 Å². The first-order valence-electron chi connectivity index (χ1n) is 9.70. The van der Waals surface area contributed by atoms with Crippen LogP contribution in [0.25, 0.3) is 0 Å². The molecule has 0 saturated carbocycles. The molecule has 0 unspecified atom stereocenters. The number of unbranched alkanes of at least 4 members (excludes halogenated alkanes) is 13. The monoisotopic (exact) mass is 402 g/mol. The Balaban J connectivity index is 1.72. The molecule has 0 fully saturated rings. The molecule has 0 aromatic carbocycles. The quantitative estimate of drug-likeness (QED) is 0.252. The summed E-state index contributed by atoms with van der Waals surface area (Å²) in [5, 5.41) is 2.06. The predicted octanol–water partition coefficient (Wildman–Crippen LogP) is 8.37. The highest BCUT2D eigenvalue weighted by molar-refractivity contribution is 9.11. The molecular formula is C20H35BrOS. The summed E-state index contributed by atoms with van der Waals surface area (Å²) in [6, 6.07) is 2.04. The summed E-state index contributed by atoms with van der Waals surface area (Å²) in [5.41, 5.74) is 0. The Morgan fingerprint density at radius 3 is 1.70 bits per heavy atom. The molecule has 1 heterocycles.